The highest BCUT2D eigenvalue weighted by Crippen LogP contribution is 2.34. The van der Waals surface area contributed by atoms with Crippen LogP contribution in [0.5, 0.6) is 0 Å². The molecule has 36 heavy (non-hydrogen) atoms. The van der Waals surface area contributed by atoms with Gasteiger partial charge in [0.1, 0.15) is 12.6 Å². The predicted molar refractivity (Wildman–Crippen MR) is 127 cm³/mol. The number of cyclic esters (lactones) is 1. The highest BCUT2D eigenvalue weighted by Gasteiger charge is 2.41. The van der Waals surface area contributed by atoms with Gasteiger partial charge < -0.3 is 15.0 Å². The Balaban J connectivity index is 1.16. The number of nitrogens with zero attached hydrogens (tertiary/aromatic N) is 3. The molecule has 3 amide bonds. The first kappa shape index (κ1) is 24.2. The molecule has 0 radical (unpaired) electrons. The van der Waals surface area contributed by atoms with Crippen molar-refractivity contribution < 1.29 is 23.1 Å². The molecule has 2 aromatic rings. The summed E-state index contributed by atoms with van der Waals surface area (Å²) in [4.78, 5) is 28.7. The summed E-state index contributed by atoms with van der Waals surface area (Å²) in [6.45, 7) is 1.77. The number of nitriles is 1. The van der Waals surface area contributed by atoms with E-state index in [0.29, 0.717) is 17.5 Å². The smallest absolute Gasteiger partial charge is 0.418 e. The second kappa shape index (κ2) is 10.2. The number of ether oxygens (including phenoxy) is 1. The second-order valence-corrected chi connectivity index (χ2v) is 9.76. The maximum Gasteiger partial charge on any atom is 0.418 e. The van der Waals surface area contributed by atoms with Crippen molar-refractivity contribution in [3.63, 3.8) is 0 Å². The van der Waals surface area contributed by atoms with Crippen molar-refractivity contribution in [2.24, 2.45) is 0 Å². The molecule has 0 unspecified atom stereocenters. The molecule has 9 heteroatoms. The van der Waals surface area contributed by atoms with Gasteiger partial charge in [0, 0.05) is 12.1 Å². The van der Waals surface area contributed by atoms with Gasteiger partial charge in [-0.05, 0) is 80.4 Å². The van der Waals surface area contributed by atoms with E-state index in [1.54, 1.807) is 0 Å². The molecule has 5 rings (SSSR count). The van der Waals surface area contributed by atoms with Crippen molar-refractivity contribution in [2.75, 3.05) is 19.7 Å². The van der Waals surface area contributed by atoms with Crippen LogP contribution in [0.4, 0.5) is 18.4 Å². The number of likely N-dealkylation sites (tertiary alicyclic amines) is 1. The first-order valence-electron chi connectivity index (χ1n) is 12.4. The average molecular weight is 495 g/mol. The number of benzene rings is 2. The van der Waals surface area contributed by atoms with Crippen LogP contribution in [0, 0.1) is 23.0 Å². The average Bonchev–Trinajstić information content (AvgIpc) is 3.52. The normalized spacial score (nSPS) is 25.0. The Morgan fingerprint density at radius 2 is 1.83 bits per heavy atom. The minimum Gasteiger partial charge on any atom is -0.446 e. The molecule has 3 fully saturated rings. The van der Waals surface area contributed by atoms with Crippen LogP contribution in [0.25, 0.3) is 0 Å². The number of imide groups is 1. The van der Waals surface area contributed by atoms with Crippen molar-refractivity contribution >= 4 is 12.1 Å². The fourth-order valence-corrected chi connectivity index (χ4v) is 5.81. The summed E-state index contributed by atoms with van der Waals surface area (Å²) in [6.07, 6.45) is 3.71. The van der Waals surface area contributed by atoms with Crippen LogP contribution in [-0.2, 0) is 4.74 Å². The fourth-order valence-electron chi connectivity index (χ4n) is 5.81. The number of carbonyl (C=O) groups excluding carboxylic acids is 2. The molecule has 1 aliphatic carbocycles. The molecule has 2 aromatic carbocycles. The largest absolute Gasteiger partial charge is 0.446 e. The summed E-state index contributed by atoms with van der Waals surface area (Å²) in [6, 6.07) is 12.3. The fraction of sp³-hybridized carbons (Fsp3) is 0.444. The number of piperidine rings is 1. The lowest BCUT2D eigenvalue weighted by molar-refractivity contribution is 0.150. The molecule has 3 atom stereocenters. The Morgan fingerprint density at radius 3 is 2.58 bits per heavy atom. The number of hydrogen-bond donors (Lipinski definition) is 1. The summed E-state index contributed by atoms with van der Waals surface area (Å²) in [7, 11) is 0. The van der Waals surface area contributed by atoms with Gasteiger partial charge in [0.2, 0.25) is 0 Å². The molecule has 2 heterocycles. The van der Waals surface area contributed by atoms with Crippen LogP contribution in [-0.4, -0.2) is 53.7 Å². The Hall–Kier alpha value is -3.51. The summed E-state index contributed by atoms with van der Waals surface area (Å²) >= 11 is 0. The van der Waals surface area contributed by atoms with Gasteiger partial charge in [-0.1, -0.05) is 24.3 Å². The minimum absolute atomic E-state index is 0.0847. The van der Waals surface area contributed by atoms with Crippen LogP contribution < -0.4 is 5.32 Å². The van der Waals surface area contributed by atoms with Crippen molar-refractivity contribution in [1.82, 2.24) is 15.1 Å². The van der Waals surface area contributed by atoms with E-state index in [1.165, 1.54) is 6.07 Å². The lowest BCUT2D eigenvalue weighted by Gasteiger charge is -2.36. The summed E-state index contributed by atoms with van der Waals surface area (Å²) in [5.41, 5.74) is 2.19. The van der Waals surface area contributed by atoms with Gasteiger partial charge in [0.25, 0.3) is 0 Å². The first-order chi connectivity index (χ1) is 17.4. The third kappa shape index (κ3) is 4.78. The number of amides is 3. The third-order valence-corrected chi connectivity index (χ3v) is 7.72. The van der Waals surface area contributed by atoms with Gasteiger partial charge in [-0.3, -0.25) is 0 Å². The molecule has 0 bridgehead atoms. The van der Waals surface area contributed by atoms with E-state index in [0.717, 1.165) is 73.4 Å². The summed E-state index contributed by atoms with van der Waals surface area (Å²) < 4.78 is 32.1. The molecule has 2 aliphatic heterocycles. The Kier molecular flexibility index (Phi) is 6.88. The zero-order valence-corrected chi connectivity index (χ0v) is 19.8. The summed E-state index contributed by atoms with van der Waals surface area (Å²) in [5, 5.41) is 12.4. The molecular weight excluding hydrogens is 466 g/mol. The molecular formula is C27H28F2N4O3. The van der Waals surface area contributed by atoms with Crippen molar-refractivity contribution in [3.8, 4) is 6.07 Å². The van der Waals surface area contributed by atoms with E-state index in [4.69, 9.17) is 4.74 Å². The highest BCUT2D eigenvalue weighted by atomic mass is 19.2. The summed E-state index contributed by atoms with van der Waals surface area (Å²) in [5.74, 6) is -1.65. The van der Waals surface area contributed by atoms with E-state index < -0.39 is 29.8 Å². The van der Waals surface area contributed by atoms with Crippen molar-refractivity contribution in [3.05, 3.63) is 70.8 Å². The van der Waals surface area contributed by atoms with Gasteiger partial charge in [-0.2, -0.15) is 5.26 Å². The third-order valence-electron chi connectivity index (χ3n) is 7.72. The van der Waals surface area contributed by atoms with Gasteiger partial charge in [-0.25, -0.2) is 23.3 Å². The quantitative estimate of drug-likeness (QED) is 0.658. The van der Waals surface area contributed by atoms with E-state index in [-0.39, 0.29) is 12.6 Å². The molecule has 0 aromatic heterocycles. The van der Waals surface area contributed by atoms with Gasteiger partial charge in [0.15, 0.2) is 11.6 Å². The van der Waals surface area contributed by atoms with Crippen LogP contribution in [0.2, 0.25) is 0 Å². The Morgan fingerprint density at radius 1 is 1.06 bits per heavy atom. The van der Waals surface area contributed by atoms with E-state index in [2.05, 4.69) is 22.4 Å². The standard InChI is InChI=1S/C27H28F2N4O3/c28-23-8-5-18(13-24(23)29)25-16-36-27(35)33(25)26(34)31-20-6-7-21(14-20)32-11-9-17(10-12-32)22-4-2-1-3-19(22)15-30/h1-5,8,13,17,20-21,25H,6-7,9-12,14,16H2,(H,31,34)/t20-,21+,25-/m1/s1. The Bertz CT molecular complexity index is 1190. The number of urea groups is 1. The molecule has 188 valence electrons. The lowest BCUT2D eigenvalue weighted by Crippen LogP contribution is -2.46. The monoisotopic (exact) mass is 494 g/mol. The number of hydrogen-bond acceptors (Lipinski definition) is 5. The maximum absolute atomic E-state index is 13.7. The Labute approximate surface area is 208 Å². The number of carbonyl (C=O) groups is 2. The van der Waals surface area contributed by atoms with Crippen LogP contribution >= 0.6 is 0 Å². The topological polar surface area (TPSA) is 85.7 Å². The van der Waals surface area contributed by atoms with Crippen LogP contribution in [0.3, 0.4) is 0 Å². The van der Waals surface area contributed by atoms with E-state index in [9.17, 15) is 23.6 Å². The number of rotatable bonds is 4. The van der Waals surface area contributed by atoms with Crippen LogP contribution in [0.1, 0.15) is 60.8 Å². The molecule has 7 nitrogen and oxygen atoms in total. The van der Waals surface area contributed by atoms with Crippen LogP contribution in [0.15, 0.2) is 42.5 Å². The van der Waals surface area contributed by atoms with E-state index in [1.807, 2.05) is 18.2 Å². The van der Waals surface area contributed by atoms with Gasteiger partial charge >= 0.3 is 12.1 Å². The van der Waals surface area contributed by atoms with E-state index >= 15 is 0 Å². The number of halogens is 2. The molecule has 1 N–H and O–H groups in total. The maximum atomic E-state index is 13.7. The molecule has 3 aliphatic rings. The number of nitrogens with one attached hydrogen (secondary N) is 1. The minimum atomic E-state index is -1.04. The van der Waals surface area contributed by atoms with Crippen molar-refractivity contribution in [1.29, 1.82) is 5.26 Å². The first-order valence-corrected chi connectivity index (χ1v) is 12.4. The molecule has 0 spiro atoms. The molecule has 1 saturated carbocycles. The van der Waals surface area contributed by atoms with Gasteiger partial charge in [-0.15, -0.1) is 0 Å². The second-order valence-electron chi connectivity index (χ2n) is 9.76. The van der Waals surface area contributed by atoms with Crippen molar-refractivity contribution in [2.45, 2.75) is 56.1 Å². The zero-order valence-electron chi connectivity index (χ0n) is 19.8. The van der Waals surface area contributed by atoms with Gasteiger partial charge in [0.05, 0.1) is 11.6 Å². The molecule has 2 saturated heterocycles. The zero-order chi connectivity index (χ0) is 25.2. The SMILES string of the molecule is N#Cc1ccccc1C1CCN([C@H]2CC[C@@H](NC(=O)N3C(=O)OC[C@@H]3c3ccc(F)c(F)c3)C2)CC1. The predicted octanol–water partition coefficient (Wildman–Crippen LogP) is 4.84. The highest BCUT2D eigenvalue weighted by molar-refractivity contribution is 5.92. The lowest BCUT2D eigenvalue weighted by atomic mass is 9.86.